The molecule has 0 aliphatic carbocycles. The smallest absolute Gasteiger partial charge is 0.223 e. The summed E-state index contributed by atoms with van der Waals surface area (Å²) < 4.78 is 13.3. The maximum atomic E-state index is 13.3. The normalized spacial score (nSPS) is 19.4. The van der Waals surface area contributed by atoms with Crippen molar-refractivity contribution in [1.82, 2.24) is 10.3 Å². The van der Waals surface area contributed by atoms with Crippen molar-refractivity contribution >= 4 is 5.78 Å². The van der Waals surface area contributed by atoms with Gasteiger partial charge >= 0.3 is 0 Å². The molecular weight excluding hydrogens is 211 g/mol. The van der Waals surface area contributed by atoms with Gasteiger partial charge in [-0.15, -0.1) is 0 Å². The Bertz CT molecular complexity index is 403. The average molecular weight is 224 g/mol. The second kappa shape index (κ2) is 4.27. The summed E-state index contributed by atoms with van der Waals surface area (Å²) in [4.78, 5) is 15.4. The molecule has 0 bridgehead atoms. The van der Waals surface area contributed by atoms with Crippen LogP contribution >= 0.6 is 0 Å². The Morgan fingerprint density at radius 3 is 2.81 bits per heavy atom. The predicted octanol–water partition coefficient (Wildman–Crippen LogP) is 0.518. The SMILES string of the molecule is O=C(c1cccnc1F)C1(O)CCNCC1. The van der Waals surface area contributed by atoms with Crippen LogP contribution in [0.5, 0.6) is 0 Å². The molecule has 1 saturated heterocycles. The van der Waals surface area contributed by atoms with Gasteiger partial charge in [-0.2, -0.15) is 4.39 Å². The summed E-state index contributed by atoms with van der Waals surface area (Å²) in [6.07, 6.45) is 1.89. The van der Waals surface area contributed by atoms with E-state index in [-0.39, 0.29) is 5.56 Å². The van der Waals surface area contributed by atoms with Gasteiger partial charge in [0.15, 0.2) is 5.78 Å². The van der Waals surface area contributed by atoms with Crippen LogP contribution < -0.4 is 5.32 Å². The maximum absolute atomic E-state index is 13.3. The van der Waals surface area contributed by atoms with Crippen molar-refractivity contribution in [1.29, 1.82) is 0 Å². The maximum Gasteiger partial charge on any atom is 0.223 e. The Balaban J connectivity index is 2.28. The highest BCUT2D eigenvalue weighted by atomic mass is 19.1. The van der Waals surface area contributed by atoms with E-state index in [0.717, 1.165) is 0 Å². The third-order valence-electron chi connectivity index (χ3n) is 2.86. The number of pyridine rings is 1. The molecular formula is C11H13FN2O2. The third-order valence-corrected chi connectivity index (χ3v) is 2.86. The highest BCUT2D eigenvalue weighted by Gasteiger charge is 2.38. The van der Waals surface area contributed by atoms with Gasteiger partial charge in [0, 0.05) is 6.20 Å². The number of carbonyl (C=O) groups is 1. The molecule has 1 fully saturated rings. The van der Waals surface area contributed by atoms with E-state index in [4.69, 9.17) is 0 Å². The highest BCUT2D eigenvalue weighted by molar-refractivity contribution is 6.02. The zero-order chi connectivity index (χ0) is 11.6. The van der Waals surface area contributed by atoms with Gasteiger partial charge in [0.1, 0.15) is 5.60 Å². The Hall–Kier alpha value is -1.33. The Kier molecular flexibility index (Phi) is 2.98. The largest absolute Gasteiger partial charge is 0.382 e. The Labute approximate surface area is 92.5 Å². The second-order valence-corrected chi connectivity index (χ2v) is 3.95. The summed E-state index contributed by atoms with van der Waals surface area (Å²) in [7, 11) is 0. The number of carbonyl (C=O) groups excluding carboxylic acids is 1. The number of aromatic nitrogens is 1. The number of nitrogens with one attached hydrogen (secondary N) is 1. The van der Waals surface area contributed by atoms with Crippen LogP contribution in [0.15, 0.2) is 18.3 Å². The summed E-state index contributed by atoms with van der Waals surface area (Å²) in [5, 5.41) is 13.2. The van der Waals surface area contributed by atoms with Crippen LogP contribution in [0.25, 0.3) is 0 Å². The van der Waals surface area contributed by atoms with Gasteiger partial charge in [-0.3, -0.25) is 4.79 Å². The van der Waals surface area contributed by atoms with Crippen molar-refractivity contribution < 1.29 is 14.3 Å². The van der Waals surface area contributed by atoms with E-state index in [1.807, 2.05) is 0 Å². The molecule has 1 aromatic rings. The van der Waals surface area contributed by atoms with E-state index in [1.165, 1.54) is 18.3 Å². The Morgan fingerprint density at radius 1 is 1.50 bits per heavy atom. The van der Waals surface area contributed by atoms with Gasteiger partial charge in [-0.25, -0.2) is 4.98 Å². The number of piperidine rings is 1. The van der Waals surface area contributed by atoms with Gasteiger partial charge in [0.25, 0.3) is 0 Å². The van der Waals surface area contributed by atoms with Gasteiger partial charge < -0.3 is 10.4 Å². The molecule has 5 heteroatoms. The van der Waals surface area contributed by atoms with Crippen LogP contribution in [0.3, 0.4) is 0 Å². The Morgan fingerprint density at radius 2 is 2.19 bits per heavy atom. The minimum Gasteiger partial charge on any atom is -0.382 e. The molecule has 0 saturated carbocycles. The molecule has 16 heavy (non-hydrogen) atoms. The number of ketones is 1. The standard InChI is InChI=1S/C11H13FN2O2/c12-10-8(2-1-5-14-10)9(15)11(16)3-6-13-7-4-11/h1-2,5,13,16H,3-4,6-7H2. The fourth-order valence-electron chi connectivity index (χ4n) is 1.87. The summed E-state index contributed by atoms with van der Waals surface area (Å²) in [5.41, 5.74) is -1.58. The molecule has 1 aromatic heterocycles. The lowest BCUT2D eigenvalue weighted by Crippen LogP contribution is -2.48. The van der Waals surface area contributed by atoms with E-state index < -0.39 is 17.3 Å². The lowest BCUT2D eigenvalue weighted by atomic mass is 9.85. The number of hydrogen-bond acceptors (Lipinski definition) is 4. The van der Waals surface area contributed by atoms with Crippen LogP contribution in [-0.2, 0) is 0 Å². The zero-order valence-electron chi connectivity index (χ0n) is 8.74. The molecule has 1 aliphatic heterocycles. The molecule has 4 nitrogen and oxygen atoms in total. The van der Waals surface area contributed by atoms with Crippen molar-refractivity contribution in [2.45, 2.75) is 18.4 Å². The number of nitrogens with zero attached hydrogens (tertiary/aromatic N) is 1. The zero-order valence-corrected chi connectivity index (χ0v) is 8.74. The third kappa shape index (κ3) is 1.96. The first-order chi connectivity index (χ1) is 7.63. The van der Waals surface area contributed by atoms with E-state index in [2.05, 4.69) is 10.3 Å². The van der Waals surface area contributed by atoms with E-state index in [1.54, 1.807) is 0 Å². The van der Waals surface area contributed by atoms with Crippen LogP contribution in [0, 0.1) is 5.95 Å². The summed E-state index contributed by atoms with van der Waals surface area (Å²) in [5.74, 6) is -1.39. The highest BCUT2D eigenvalue weighted by Crippen LogP contribution is 2.23. The van der Waals surface area contributed by atoms with Crippen molar-refractivity contribution in [3.63, 3.8) is 0 Å². The first-order valence-electron chi connectivity index (χ1n) is 5.22. The summed E-state index contributed by atoms with van der Waals surface area (Å²) in [6.45, 7) is 1.12. The molecule has 86 valence electrons. The van der Waals surface area contributed by atoms with Gasteiger partial charge in [0.05, 0.1) is 5.56 Å². The topological polar surface area (TPSA) is 62.2 Å². The quantitative estimate of drug-likeness (QED) is 0.568. The minimum atomic E-state index is -1.45. The molecule has 0 unspecified atom stereocenters. The molecule has 0 radical (unpaired) electrons. The number of hydrogen-bond donors (Lipinski definition) is 2. The molecule has 2 heterocycles. The molecule has 0 aromatic carbocycles. The van der Waals surface area contributed by atoms with Gasteiger partial charge in [-0.1, -0.05) is 0 Å². The number of halogens is 1. The number of rotatable bonds is 2. The molecule has 2 N–H and O–H groups in total. The first-order valence-corrected chi connectivity index (χ1v) is 5.22. The fraction of sp³-hybridized carbons (Fsp3) is 0.455. The van der Waals surface area contributed by atoms with Crippen molar-refractivity contribution in [2.75, 3.05) is 13.1 Å². The van der Waals surface area contributed by atoms with Gasteiger partial charge in [-0.05, 0) is 38.1 Å². The van der Waals surface area contributed by atoms with E-state index in [9.17, 15) is 14.3 Å². The lowest BCUT2D eigenvalue weighted by Gasteiger charge is -2.30. The monoisotopic (exact) mass is 224 g/mol. The molecule has 0 amide bonds. The second-order valence-electron chi connectivity index (χ2n) is 3.95. The van der Waals surface area contributed by atoms with Crippen LogP contribution in [0.4, 0.5) is 4.39 Å². The average Bonchev–Trinajstić information content (AvgIpc) is 2.30. The van der Waals surface area contributed by atoms with Crippen LogP contribution in [-0.4, -0.2) is 34.6 Å². The number of Topliss-reactive ketones (excluding diaryl/α,β-unsaturated/α-hetero) is 1. The summed E-state index contributed by atoms with van der Waals surface area (Å²) in [6, 6.07) is 2.84. The molecule has 0 spiro atoms. The predicted molar refractivity (Wildman–Crippen MR) is 55.6 cm³/mol. The molecule has 1 aliphatic rings. The number of aliphatic hydroxyl groups is 1. The fourth-order valence-corrected chi connectivity index (χ4v) is 1.87. The van der Waals surface area contributed by atoms with Crippen molar-refractivity contribution in [3.05, 3.63) is 29.8 Å². The van der Waals surface area contributed by atoms with Gasteiger partial charge in [0.2, 0.25) is 5.95 Å². The van der Waals surface area contributed by atoms with E-state index >= 15 is 0 Å². The lowest BCUT2D eigenvalue weighted by molar-refractivity contribution is 0.0150. The van der Waals surface area contributed by atoms with E-state index in [0.29, 0.717) is 25.9 Å². The van der Waals surface area contributed by atoms with Crippen LogP contribution in [0.1, 0.15) is 23.2 Å². The molecule has 0 atom stereocenters. The minimum absolute atomic E-state index is 0.132. The van der Waals surface area contributed by atoms with Crippen molar-refractivity contribution in [2.24, 2.45) is 0 Å². The summed E-state index contributed by atoms with van der Waals surface area (Å²) >= 11 is 0. The molecule has 2 rings (SSSR count). The van der Waals surface area contributed by atoms with Crippen LogP contribution in [0.2, 0.25) is 0 Å². The first kappa shape index (κ1) is 11.2. The van der Waals surface area contributed by atoms with Crippen molar-refractivity contribution in [3.8, 4) is 0 Å².